The smallest absolute Gasteiger partial charge is 0.405 e. The van der Waals surface area contributed by atoms with Gasteiger partial charge in [0.2, 0.25) is 0 Å². The minimum Gasteiger partial charge on any atom is -0.465 e. The second kappa shape index (κ2) is 4.65. The van der Waals surface area contributed by atoms with E-state index < -0.39 is 6.09 Å². The zero-order valence-electron chi connectivity index (χ0n) is 4.55. The molecule has 4 nitrogen and oxygen atoms in total. The van der Waals surface area contributed by atoms with Crippen LogP contribution in [0, 0.1) is 11.8 Å². The van der Waals surface area contributed by atoms with E-state index in [0.29, 0.717) is 6.29 Å². The van der Waals surface area contributed by atoms with Gasteiger partial charge in [0.15, 0.2) is 6.29 Å². The maximum Gasteiger partial charge on any atom is 0.405 e. The van der Waals surface area contributed by atoms with Crippen LogP contribution in [0.15, 0.2) is 0 Å². The first-order chi connectivity index (χ1) is 4.27. The van der Waals surface area contributed by atoms with Crippen LogP contribution in [0.25, 0.3) is 0 Å². The first kappa shape index (κ1) is 7.50. The predicted octanol–water partition coefficient (Wildman–Crippen LogP) is -0.544. The summed E-state index contributed by atoms with van der Waals surface area (Å²) in [6.45, 7) is -0.00588. The summed E-state index contributed by atoms with van der Waals surface area (Å²) in [5.74, 6) is 4.30. The van der Waals surface area contributed by atoms with Crippen molar-refractivity contribution in [2.24, 2.45) is 0 Å². The van der Waals surface area contributed by atoms with Gasteiger partial charge in [-0.3, -0.25) is 4.79 Å². The standard InChI is InChI=1S/C5H5NO3/c7-4-2-1-3-6-5(8)9/h4,6H,3H2,(H,8,9). The number of hydrogen-bond acceptors (Lipinski definition) is 2. The number of aldehydes is 1. The Morgan fingerprint density at radius 1 is 1.78 bits per heavy atom. The van der Waals surface area contributed by atoms with Gasteiger partial charge in [0.25, 0.3) is 0 Å². The molecule has 0 aliphatic rings. The summed E-state index contributed by atoms with van der Waals surface area (Å²) in [6, 6.07) is 0. The molecular weight excluding hydrogens is 122 g/mol. The first-order valence-electron chi connectivity index (χ1n) is 2.16. The van der Waals surface area contributed by atoms with E-state index in [1.165, 1.54) is 0 Å². The summed E-state index contributed by atoms with van der Waals surface area (Å²) >= 11 is 0. The average molecular weight is 127 g/mol. The number of rotatable bonds is 1. The molecule has 4 heteroatoms. The molecule has 0 saturated heterocycles. The van der Waals surface area contributed by atoms with Crippen LogP contribution in [0.2, 0.25) is 0 Å². The fraction of sp³-hybridized carbons (Fsp3) is 0.200. The van der Waals surface area contributed by atoms with Crippen LogP contribution in [-0.2, 0) is 4.79 Å². The van der Waals surface area contributed by atoms with Crippen molar-refractivity contribution in [3.05, 3.63) is 0 Å². The Hall–Kier alpha value is -1.50. The highest BCUT2D eigenvalue weighted by atomic mass is 16.4. The molecule has 0 radical (unpaired) electrons. The maximum atomic E-state index is 9.70. The van der Waals surface area contributed by atoms with Crippen molar-refractivity contribution in [3.63, 3.8) is 0 Å². The molecule has 1 amide bonds. The minimum atomic E-state index is -1.14. The third-order valence-corrected chi connectivity index (χ3v) is 0.489. The molecule has 0 aromatic rings. The van der Waals surface area contributed by atoms with Gasteiger partial charge in [-0.15, -0.1) is 0 Å². The number of carboxylic acid groups (broad SMARTS) is 1. The van der Waals surface area contributed by atoms with E-state index in [-0.39, 0.29) is 6.54 Å². The predicted molar refractivity (Wildman–Crippen MR) is 29.9 cm³/mol. The van der Waals surface area contributed by atoms with Crippen molar-refractivity contribution < 1.29 is 14.7 Å². The normalized spacial score (nSPS) is 6.67. The molecule has 0 rings (SSSR count). The van der Waals surface area contributed by atoms with Crippen molar-refractivity contribution in [3.8, 4) is 11.8 Å². The molecule has 2 N–H and O–H groups in total. The second-order valence-corrected chi connectivity index (χ2v) is 1.10. The molecule has 0 fully saturated rings. The molecule has 0 aliphatic carbocycles. The Kier molecular flexibility index (Phi) is 3.88. The number of nitrogens with one attached hydrogen (secondary N) is 1. The Bertz CT molecular complexity index is 165. The van der Waals surface area contributed by atoms with Gasteiger partial charge >= 0.3 is 6.09 Å². The van der Waals surface area contributed by atoms with E-state index in [4.69, 9.17) is 5.11 Å². The van der Waals surface area contributed by atoms with Gasteiger partial charge in [0.1, 0.15) is 0 Å². The number of carbonyl (C=O) groups excluding carboxylic acids is 1. The van der Waals surface area contributed by atoms with Crippen molar-refractivity contribution >= 4 is 12.4 Å². The molecule has 0 atom stereocenters. The summed E-state index contributed by atoms with van der Waals surface area (Å²) < 4.78 is 0. The van der Waals surface area contributed by atoms with E-state index in [9.17, 15) is 9.59 Å². The van der Waals surface area contributed by atoms with Gasteiger partial charge < -0.3 is 10.4 Å². The zero-order valence-corrected chi connectivity index (χ0v) is 4.55. The minimum absolute atomic E-state index is 0.00588. The third kappa shape index (κ3) is 6.50. The molecule has 0 aromatic heterocycles. The largest absolute Gasteiger partial charge is 0.465 e. The Morgan fingerprint density at radius 2 is 2.44 bits per heavy atom. The number of hydrogen-bond donors (Lipinski definition) is 2. The molecule has 9 heavy (non-hydrogen) atoms. The lowest BCUT2D eigenvalue weighted by molar-refractivity contribution is -0.103. The van der Waals surface area contributed by atoms with E-state index in [1.54, 1.807) is 0 Å². The fourth-order valence-corrected chi connectivity index (χ4v) is 0.213. The summed E-state index contributed by atoms with van der Waals surface area (Å²) in [5.41, 5.74) is 0. The highest BCUT2D eigenvalue weighted by Crippen LogP contribution is 1.57. The van der Waals surface area contributed by atoms with Crippen LogP contribution >= 0.6 is 0 Å². The summed E-state index contributed by atoms with van der Waals surface area (Å²) in [5, 5.41) is 9.91. The van der Waals surface area contributed by atoms with Gasteiger partial charge in [-0.25, -0.2) is 4.79 Å². The molecule has 0 saturated carbocycles. The summed E-state index contributed by atoms with van der Waals surface area (Å²) in [7, 11) is 0. The summed E-state index contributed by atoms with van der Waals surface area (Å²) in [6.07, 6.45) is -0.737. The van der Waals surface area contributed by atoms with E-state index >= 15 is 0 Å². The second-order valence-electron chi connectivity index (χ2n) is 1.10. The van der Waals surface area contributed by atoms with Gasteiger partial charge in [-0.2, -0.15) is 0 Å². The molecule has 48 valence electrons. The van der Waals surface area contributed by atoms with Crippen LogP contribution in [-0.4, -0.2) is 24.0 Å². The average Bonchev–Trinajstić information content (AvgIpc) is 1.80. The summed E-state index contributed by atoms with van der Waals surface area (Å²) in [4.78, 5) is 19.2. The molecular formula is C5H5NO3. The number of amides is 1. The van der Waals surface area contributed by atoms with Crippen molar-refractivity contribution in [1.29, 1.82) is 0 Å². The maximum absolute atomic E-state index is 9.70. The Labute approximate surface area is 51.9 Å². The highest BCUT2D eigenvalue weighted by molar-refractivity contribution is 5.73. The van der Waals surface area contributed by atoms with Gasteiger partial charge in [-0.05, 0) is 5.92 Å². The third-order valence-electron chi connectivity index (χ3n) is 0.489. The van der Waals surface area contributed by atoms with E-state index in [1.807, 2.05) is 11.2 Å². The van der Waals surface area contributed by atoms with Crippen molar-refractivity contribution in [2.75, 3.05) is 6.54 Å². The lowest BCUT2D eigenvalue weighted by atomic mass is 10.6. The zero-order chi connectivity index (χ0) is 7.11. The Morgan fingerprint density at radius 3 is 2.89 bits per heavy atom. The quantitative estimate of drug-likeness (QED) is 0.367. The molecule has 0 unspecified atom stereocenters. The number of carbonyl (C=O) groups is 2. The fourth-order valence-electron chi connectivity index (χ4n) is 0.213. The molecule has 0 bridgehead atoms. The molecule has 0 aromatic carbocycles. The lowest BCUT2D eigenvalue weighted by Crippen LogP contribution is -2.20. The van der Waals surface area contributed by atoms with E-state index in [0.717, 1.165) is 0 Å². The molecule has 0 spiro atoms. The van der Waals surface area contributed by atoms with Gasteiger partial charge in [-0.1, -0.05) is 5.92 Å². The van der Waals surface area contributed by atoms with Crippen LogP contribution in [0.5, 0.6) is 0 Å². The van der Waals surface area contributed by atoms with Gasteiger partial charge in [0, 0.05) is 0 Å². The highest BCUT2D eigenvalue weighted by Gasteiger charge is 1.85. The van der Waals surface area contributed by atoms with Crippen LogP contribution in [0.3, 0.4) is 0 Å². The van der Waals surface area contributed by atoms with Crippen LogP contribution < -0.4 is 5.32 Å². The molecule has 0 aliphatic heterocycles. The van der Waals surface area contributed by atoms with Crippen molar-refractivity contribution in [1.82, 2.24) is 5.32 Å². The topological polar surface area (TPSA) is 66.4 Å². The SMILES string of the molecule is O=CC#CCNC(=O)O. The lowest BCUT2D eigenvalue weighted by Gasteiger charge is -1.87. The van der Waals surface area contributed by atoms with Crippen molar-refractivity contribution in [2.45, 2.75) is 0 Å². The molecule has 0 heterocycles. The van der Waals surface area contributed by atoms with Gasteiger partial charge in [0.05, 0.1) is 6.54 Å². The van der Waals surface area contributed by atoms with Crippen LogP contribution in [0.4, 0.5) is 4.79 Å². The monoisotopic (exact) mass is 127 g/mol. The Balaban J connectivity index is 3.29. The van der Waals surface area contributed by atoms with Crippen LogP contribution in [0.1, 0.15) is 0 Å². The first-order valence-corrected chi connectivity index (χ1v) is 2.16. The van der Waals surface area contributed by atoms with E-state index in [2.05, 4.69) is 5.92 Å².